The minimum atomic E-state index is -0.730. The van der Waals surface area contributed by atoms with Gasteiger partial charge in [-0.1, -0.05) is 0 Å². The van der Waals surface area contributed by atoms with E-state index in [0.717, 1.165) is 5.56 Å². The Kier molecular flexibility index (Phi) is 2.73. The Morgan fingerprint density at radius 3 is 2.19 bits per heavy atom. The number of carboxylic acid groups (broad SMARTS) is 1. The van der Waals surface area contributed by atoms with Gasteiger partial charge in [-0.15, -0.1) is 0 Å². The zero-order chi connectivity index (χ0) is 11.7. The van der Waals surface area contributed by atoms with Gasteiger partial charge in [-0.25, -0.2) is 0 Å². The molecule has 0 saturated heterocycles. The maximum atomic E-state index is 10.8. The molecule has 0 bridgehead atoms. The Morgan fingerprint density at radius 2 is 1.81 bits per heavy atom. The molecule has 2 rings (SSSR count). The van der Waals surface area contributed by atoms with Gasteiger partial charge in [0.05, 0.1) is 20.1 Å². The zero-order valence-corrected chi connectivity index (χ0v) is 9.27. The molecule has 0 amide bonds. The van der Waals surface area contributed by atoms with Gasteiger partial charge in [-0.2, -0.15) is 0 Å². The number of ether oxygens (including phenoxy) is 2. The smallest absolute Gasteiger partial charge is 0.307 e. The summed E-state index contributed by atoms with van der Waals surface area (Å²) in [6.45, 7) is 0. The van der Waals surface area contributed by atoms with Gasteiger partial charge in [0.25, 0.3) is 0 Å². The van der Waals surface area contributed by atoms with Gasteiger partial charge < -0.3 is 14.6 Å². The van der Waals surface area contributed by atoms with Gasteiger partial charge in [0, 0.05) is 6.07 Å². The minimum Gasteiger partial charge on any atom is -0.497 e. The van der Waals surface area contributed by atoms with Gasteiger partial charge in [-0.05, 0) is 30.0 Å². The molecule has 2 atom stereocenters. The third kappa shape index (κ3) is 1.96. The molecule has 1 aromatic carbocycles. The molecule has 1 fully saturated rings. The monoisotopic (exact) mass is 222 g/mol. The number of hydrogen-bond donors (Lipinski definition) is 1. The van der Waals surface area contributed by atoms with Crippen LogP contribution in [0.1, 0.15) is 17.9 Å². The molecule has 0 aromatic heterocycles. The van der Waals surface area contributed by atoms with E-state index >= 15 is 0 Å². The normalized spacial score (nSPS) is 22.6. The summed E-state index contributed by atoms with van der Waals surface area (Å²) in [4.78, 5) is 10.8. The summed E-state index contributed by atoms with van der Waals surface area (Å²) < 4.78 is 10.3. The Bertz CT molecular complexity index is 391. The van der Waals surface area contributed by atoms with Gasteiger partial charge in [0.15, 0.2) is 0 Å². The third-order valence-electron chi connectivity index (χ3n) is 2.91. The van der Waals surface area contributed by atoms with Crippen LogP contribution in [0.2, 0.25) is 0 Å². The van der Waals surface area contributed by atoms with Gasteiger partial charge >= 0.3 is 5.97 Å². The van der Waals surface area contributed by atoms with E-state index in [2.05, 4.69) is 0 Å². The van der Waals surface area contributed by atoms with Crippen molar-refractivity contribution >= 4 is 5.97 Å². The van der Waals surface area contributed by atoms with Crippen LogP contribution >= 0.6 is 0 Å². The topological polar surface area (TPSA) is 55.8 Å². The highest BCUT2D eigenvalue weighted by Gasteiger charge is 2.44. The van der Waals surface area contributed by atoms with Crippen molar-refractivity contribution in [1.82, 2.24) is 0 Å². The fraction of sp³-hybridized carbons (Fsp3) is 0.417. The van der Waals surface area contributed by atoms with Gasteiger partial charge in [0.2, 0.25) is 0 Å². The van der Waals surface area contributed by atoms with E-state index in [-0.39, 0.29) is 11.8 Å². The molecule has 1 saturated carbocycles. The van der Waals surface area contributed by atoms with E-state index in [9.17, 15) is 4.79 Å². The average Bonchev–Trinajstić information content (AvgIpc) is 3.08. The molecule has 1 N–H and O–H groups in total. The van der Waals surface area contributed by atoms with E-state index in [1.165, 1.54) is 0 Å². The van der Waals surface area contributed by atoms with Crippen molar-refractivity contribution < 1.29 is 19.4 Å². The largest absolute Gasteiger partial charge is 0.497 e. The van der Waals surface area contributed by atoms with Crippen LogP contribution in [0.25, 0.3) is 0 Å². The second-order valence-electron chi connectivity index (χ2n) is 3.93. The predicted octanol–water partition coefficient (Wildman–Crippen LogP) is 1.89. The van der Waals surface area contributed by atoms with E-state index < -0.39 is 5.97 Å². The third-order valence-corrected chi connectivity index (χ3v) is 2.91. The van der Waals surface area contributed by atoms with E-state index in [0.29, 0.717) is 17.9 Å². The van der Waals surface area contributed by atoms with Crippen LogP contribution in [-0.4, -0.2) is 25.3 Å². The molecular weight excluding hydrogens is 208 g/mol. The maximum absolute atomic E-state index is 10.8. The lowest BCUT2D eigenvalue weighted by atomic mass is 10.1. The van der Waals surface area contributed by atoms with Crippen LogP contribution in [0, 0.1) is 5.92 Å². The molecule has 0 aliphatic heterocycles. The first-order valence-corrected chi connectivity index (χ1v) is 5.11. The van der Waals surface area contributed by atoms with Crippen LogP contribution < -0.4 is 9.47 Å². The Morgan fingerprint density at radius 1 is 1.25 bits per heavy atom. The number of aliphatic carboxylic acids is 1. The highest BCUT2D eigenvalue weighted by molar-refractivity contribution is 5.75. The molecule has 0 unspecified atom stereocenters. The number of hydrogen-bond acceptors (Lipinski definition) is 3. The first kappa shape index (κ1) is 10.8. The van der Waals surface area contributed by atoms with Crippen molar-refractivity contribution in [1.29, 1.82) is 0 Å². The van der Waals surface area contributed by atoms with Crippen LogP contribution in [0.3, 0.4) is 0 Å². The number of carboxylic acids is 1. The molecule has 0 spiro atoms. The molecule has 0 heterocycles. The molecule has 0 radical (unpaired) electrons. The van der Waals surface area contributed by atoms with Crippen molar-refractivity contribution in [3.05, 3.63) is 23.8 Å². The van der Waals surface area contributed by atoms with E-state index in [1.807, 2.05) is 12.1 Å². The Balaban J connectivity index is 2.24. The van der Waals surface area contributed by atoms with Crippen molar-refractivity contribution in [2.24, 2.45) is 5.92 Å². The molecule has 1 aromatic rings. The summed E-state index contributed by atoms with van der Waals surface area (Å²) in [7, 11) is 3.17. The molecule has 16 heavy (non-hydrogen) atoms. The molecule has 4 nitrogen and oxygen atoms in total. The van der Waals surface area contributed by atoms with Crippen LogP contribution in [0.4, 0.5) is 0 Å². The summed E-state index contributed by atoms with van der Waals surface area (Å²) in [5.74, 6) is 0.515. The minimum absolute atomic E-state index is 0.0986. The van der Waals surface area contributed by atoms with Crippen LogP contribution in [-0.2, 0) is 4.79 Å². The molecule has 4 heteroatoms. The molecular formula is C12H14O4. The van der Waals surface area contributed by atoms with Crippen molar-refractivity contribution in [3.8, 4) is 11.5 Å². The van der Waals surface area contributed by atoms with Crippen molar-refractivity contribution in [3.63, 3.8) is 0 Å². The van der Waals surface area contributed by atoms with Crippen molar-refractivity contribution in [2.75, 3.05) is 14.2 Å². The number of benzene rings is 1. The Labute approximate surface area is 93.8 Å². The highest BCUT2D eigenvalue weighted by atomic mass is 16.5. The fourth-order valence-electron chi connectivity index (χ4n) is 1.88. The summed E-state index contributed by atoms with van der Waals surface area (Å²) in [5, 5.41) is 8.88. The van der Waals surface area contributed by atoms with E-state index in [1.54, 1.807) is 20.3 Å². The standard InChI is InChI=1S/C12H14O4/c1-15-8-3-7(4-9(5-8)16-2)10-6-11(10)12(13)14/h3-5,10-11H,6H2,1-2H3,(H,13,14)/t10-,11-/m1/s1. The van der Waals surface area contributed by atoms with Crippen molar-refractivity contribution in [2.45, 2.75) is 12.3 Å². The predicted molar refractivity (Wildman–Crippen MR) is 58.0 cm³/mol. The van der Waals surface area contributed by atoms with Gasteiger partial charge in [-0.3, -0.25) is 4.79 Å². The van der Waals surface area contributed by atoms with E-state index in [4.69, 9.17) is 14.6 Å². The second-order valence-corrected chi connectivity index (χ2v) is 3.93. The molecule has 1 aliphatic carbocycles. The summed E-state index contributed by atoms with van der Waals surface area (Å²) >= 11 is 0. The Hall–Kier alpha value is -1.71. The van der Waals surface area contributed by atoms with Crippen LogP contribution in [0.15, 0.2) is 18.2 Å². The average molecular weight is 222 g/mol. The lowest BCUT2D eigenvalue weighted by molar-refractivity contribution is -0.138. The highest BCUT2D eigenvalue weighted by Crippen LogP contribution is 2.49. The lowest BCUT2D eigenvalue weighted by Gasteiger charge is -2.07. The number of methoxy groups -OCH3 is 2. The maximum Gasteiger partial charge on any atom is 0.307 e. The summed E-state index contributed by atoms with van der Waals surface area (Å²) in [6.07, 6.45) is 0.700. The fourth-order valence-corrected chi connectivity index (χ4v) is 1.88. The molecule has 86 valence electrons. The zero-order valence-electron chi connectivity index (χ0n) is 9.27. The van der Waals surface area contributed by atoms with Crippen LogP contribution in [0.5, 0.6) is 11.5 Å². The quantitative estimate of drug-likeness (QED) is 0.845. The first-order chi connectivity index (χ1) is 7.65. The summed E-state index contributed by atoms with van der Waals surface area (Å²) in [6, 6.07) is 5.52. The number of carbonyl (C=O) groups is 1. The first-order valence-electron chi connectivity index (χ1n) is 5.11. The van der Waals surface area contributed by atoms with Gasteiger partial charge in [0.1, 0.15) is 11.5 Å². The SMILES string of the molecule is COc1cc(OC)cc([C@H]2C[C@H]2C(=O)O)c1. The molecule has 1 aliphatic rings. The lowest BCUT2D eigenvalue weighted by Crippen LogP contribution is -1.99. The number of rotatable bonds is 4. The summed E-state index contributed by atoms with van der Waals surface area (Å²) in [5.41, 5.74) is 0.976. The second kappa shape index (κ2) is 4.04.